The van der Waals surface area contributed by atoms with Crippen LogP contribution in [0.25, 0.3) is 0 Å². The number of aldehydes is 1. The summed E-state index contributed by atoms with van der Waals surface area (Å²) in [5.41, 5.74) is 0. The van der Waals surface area contributed by atoms with Crippen molar-refractivity contribution in [1.82, 2.24) is 0 Å². The maximum Gasteiger partial charge on any atom is 0.192 e. The molecule has 3 heteroatoms. The van der Waals surface area contributed by atoms with Gasteiger partial charge in [0.1, 0.15) is 6.29 Å². The van der Waals surface area contributed by atoms with E-state index in [0.717, 1.165) is 12.7 Å². The van der Waals surface area contributed by atoms with Crippen molar-refractivity contribution in [3.8, 4) is 0 Å². The van der Waals surface area contributed by atoms with E-state index >= 15 is 0 Å². The molecule has 0 bridgehead atoms. The van der Waals surface area contributed by atoms with Crippen molar-refractivity contribution in [2.75, 3.05) is 0 Å². The van der Waals surface area contributed by atoms with Gasteiger partial charge >= 0.3 is 0 Å². The normalized spacial score (nSPS) is 17.9. The topological polar surface area (TPSA) is 26.3 Å². The fraction of sp³-hybridized carbons (Fsp3) is 0.650. The summed E-state index contributed by atoms with van der Waals surface area (Å²) in [6, 6.07) is 0. The van der Waals surface area contributed by atoms with Crippen molar-refractivity contribution in [1.29, 1.82) is 0 Å². The fourth-order valence-electron chi connectivity index (χ4n) is 2.21. The van der Waals surface area contributed by atoms with E-state index in [-0.39, 0.29) is 17.1 Å². The van der Waals surface area contributed by atoms with Gasteiger partial charge in [0.25, 0.3) is 0 Å². The quantitative estimate of drug-likeness (QED) is 0.226. The zero-order chi connectivity index (χ0) is 18.1. The summed E-state index contributed by atoms with van der Waals surface area (Å²) in [5.74, 6) is 0.622. The van der Waals surface area contributed by atoms with Gasteiger partial charge in [-0.25, -0.2) is 0 Å². The molecule has 0 aliphatic heterocycles. The van der Waals surface area contributed by atoms with E-state index < -0.39 is 8.32 Å². The van der Waals surface area contributed by atoms with Crippen LogP contribution in [0.1, 0.15) is 48.0 Å². The van der Waals surface area contributed by atoms with Crippen LogP contribution >= 0.6 is 0 Å². The monoisotopic (exact) mass is 336 g/mol. The molecule has 132 valence electrons. The standard InChI is InChI=1S/C20H36O2Si/c1-9-10-11-12-14-17(2)19(18(3)15-13-16-21)22-23(7,8)20(4,5)6/h9-13,15-19H,14H2,1-8H3. The lowest BCUT2D eigenvalue weighted by molar-refractivity contribution is -0.104. The molecular formula is C20H36O2Si. The molecule has 0 N–H and O–H groups in total. The van der Waals surface area contributed by atoms with Crippen LogP contribution in [0.5, 0.6) is 0 Å². The lowest BCUT2D eigenvalue weighted by Crippen LogP contribution is -2.47. The Labute approximate surface area is 144 Å². The van der Waals surface area contributed by atoms with E-state index in [9.17, 15) is 4.79 Å². The van der Waals surface area contributed by atoms with E-state index in [0.29, 0.717) is 5.92 Å². The third kappa shape index (κ3) is 7.94. The molecule has 2 nitrogen and oxygen atoms in total. The number of allylic oxidation sites excluding steroid dienone is 5. The van der Waals surface area contributed by atoms with Crippen molar-refractivity contribution in [3.63, 3.8) is 0 Å². The maximum atomic E-state index is 10.7. The maximum absolute atomic E-state index is 10.7. The van der Waals surface area contributed by atoms with Gasteiger partial charge < -0.3 is 4.43 Å². The van der Waals surface area contributed by atoms with E-state index in [4.69, 9.17) is 4.43 Å². The van der Waals surface area contributed by atoms with Crippen molar-refractivity contribution in [2.24, 2.45) is 11.8 Å². The van der Waals surface area contributed by atoms with Gasteiger partial charge in [-0.15, -0.1) is 0 Å². The first-order valence-corrected chi connectivity index (χ1v) is 11.5. The van der Waals surface area contributed by atoms with E-state index in [1.54, 1.807) is 6.08 Å². The van der Waals surface area contributed by atoms with Gasteiger partial charge in [-0.05, 0) is 49.4 Å². The fourth-order valence-corrected chi connectivity index (χ4v) is 3.69. The molecule has 3 atom stereocenters. The van der Waals surface area contributed by atoms with Crippen molar-refractivity contribution >= 4 is 14.6 Å². The van der Waals surface area contributed by atoms with Crippen LogP contribution in [0.15, 0.2) is 36.5 Å². The Hall–Kier alpha value is -0.933. The molecule has 23 heavy (non-hydrogen) atoms. The van der Waals surface area contributed by atoms with Gasteiger partial charge in [0.2, 0.25) is 0 Å². The Balaban J connectivity index is 5.22. The Morgan fingerprint density at radius 3 is 2.17 bits per heavy atom. The van der Waals surface area contributed by atoms with Crippen LogP contribution in [-0.2, 0) is 9.22 Å². The first-order valence-electron chi connectivity index (χ1n) is 8.64. The molecule has 3 unspecified atom stereocenters. The molecule has 0 fully saturated rings. The van der Waals surface area contributed by atoms with Crippen LogP contribution in [0, 0.1) is 11.8 Å². The summed E-state index contributed by atoms with van der Waals surface area (Å²) in [6.45, 7) is 17.8. The predicted molar refractivity (Wildman–Crippen MR) is 104 cm³/mol. The van der Waals surface area contributed by atoms with Gasteiger partial charge in [0.05, 0.1) is 6.10 Å². The molecule has 0 aliphatic rings. The minimum Gasteiger partial charge on any atom is -0.413 e. The number of carbonyl (C=O) groups is 1. The summed E-state index contributed by atoms with van der Waals surface area (Å²) in [5, 5.41) is 0.180. The molecule has 0 aromatic heterocycles. The first kappa shape index (κ1) is 22.1. The van der Waals surface area contributed by atoms with Crippen LogP contribution < -0.4 is 0 Å². The van der Waals surface area contributed by atoms with Gasteiger partial charge in [-0.1, -0.05) is 65.0 Å². The molecule has 0 aromatic rings. The highest BCUT2D eigenvalue weighted by atomic mass is 28.4. The Bertz CT molecular complexity index is 427. The second-order valence-corrected chi connectivity index (χ2v) is 12.6. The summed E-state index contributed by atoms with van der Waals surface area (Å²) in [4.78, 5) is 10.7. The van der Waals surface area contributed by atoms with Gasteiger partial charge in [-0.3, -0.25) is 4.79 Å². The molecule has 0 amide bonds. The molecule has 0 spiro atoms. The van der Waals surface area contributed by atoms with E-state index in [1.165, 1.54) is 0 Å². The second kappa shape index (κ2) is 10.0. The van der Waals surface area contributed by atoms with Crippen LogP contribution in [0.2, 0.25) is 18.1 Å². The minimum absolute atomic E-state index is 0.127. The SMILES string of the molecule is CC=CC=CCC(C)C(O[Si](C)(C)C(C)(C)C)C(C)C=CC=O. The summed E-state index contributed by atoms with van der Waals surface area (Å²) < 4.78 is 6.70. The van der Waals surface area contributed by atoms with Gasteiger partial charge in [-0.2, -0.15) is 0 Å². The molecule has 0 aliphatic carbocycles. The zero-order valence-electron chi connectivity index (χ0n) is 16.3. The predicted octanol–water partition coefficient (Wildman–Crippen LogP) is 5.93. The highest BCUT2D eigenvalue weighted by Gasteiger charge is 2.40. The molecule has 0 heterocycles. The van der Waals surface area contributed by atoms with Crippen LogP contribution in [0.3, 0.4) is 0 Å². The summed E-state index contributed by atoms with van der Waals surface area (Å²) in [7, 11) is -1.85. The number of hydrogen-bond donors (Lipinski definition) is 0. The van der Waals surface area contributed by atoms with E-state index in [2.05, 4.69) is 59.9 Å². The van der Waals surface area contributed by atoms with Crippen molar-refractivity contribution < 1.29 is 9.22 Å². The molecule has 0 saturated heterocycles. The Morgan fingerprint density at radius 1 is 1.09 bits per heavy atom. The molecular weight excluding hydrogens is 300 g/mol. The first-order chi connectivity index (χ1) is 10.6. The number of hydrogen-bond acceptors (Lipinski definition) is 2. The molecule has 0 radical (unpaired) electrons. The Morgan fingerprint density at radius 2 is 1.70 bits per heavy atom. The molecule has 0 saturated carbocycles. The average Bonchev–Trinajstić information content (AvgIpc) is 2.45. The van der Waals surface area contributed by atoms with Crippen molar-refractivity contribution in [2.45, 2.75) is 72.2 Å². The average molecular weight is 337 g/mol. The minimum atomic E-state index is -1.85. The highest BCUT2D eigenvalue weighted by Crippen LogP contribution is 2.39. The Kier molecular flexibility index (Phi) is 9.63. The lowest BCUT2D eigenvalue weighted by Gasteiger charge is -2.42. The smallest absolute Gasteiger partial charge is 0.192 e. The molecule has 0 aromatic carbocycles. The van der Waals surface area contributed by atoms with E-state index in [1.807, 2.05) is 25.2 Å². The largest absolute Gasteiger partial charge is 0.413 e. The van der Waals surface area contributed by atoms with Crippen LogP contribution in [-0.4, -0.2) is 20.7 Å². The number of rotatable bonds is 9. The third-order valence-electron chi connectivity index (χ3n) is 4.76. The third-order valence-corrected chi connectivity index (χ3v) is 9.23. The van der Waals surface area contributed by atoms with Gasteiger partial charge in [0.15, 0.2) is 8.32 Å². The van der Waals surface area contributed by atoms with Crippen LogP contribution in [0.4, 0.5) is 0 Å². The second-order valence-electron chi connectivity index (χ2n) is 7.89. The highest BCUT2D eigenvalue weighted by molar-refractivity contribution is 6.74. The summed E-state index contributed by atoms with van der Waals surface area (Å²) in [6.07, 6.45) is 13.9. The van der Waals surface area contributed by atoms with Gasteiger partial charge in [0, 0.05) is 0 Å². The number of carbonyl (C=O) groups excluding carboxylic acids is 1. The van der Waals surface area contributed by atoms with Crippen molar-refractivity contribution in [3.05, 3.63) is 36.5 Å². The molecule has 0 rings (SSSR count). The summed E-state index contributed by atoms with van der Waals surface area (Å²) >= 11 is 0. The zero-order valence-corrected chi connectivity index (χ0v) is 17.3. The lowest BCUT2D eigenvalue weighted by atomic mass is 9.90.